The predicted octanol–water partition coefficient (Wildman–Crippen LogP) is 4.04. The van der Waals surface area contributed by atoms with Crippen molar-refractivity contribution in [3.05, 3.63) is 39.8 Å². The number of thiazole rings is 1. The van der Waals surface area contributed by atoms with Crippen molar-refractivity contribution in [2.75, 3.05) is 11.9 Å². The molecule has 2 rings (SSSR count). The van der Waals surface area contributed by atoms with Crippen LogP contribution in [0, 0.1) is 18.3 Å². The average molecular weight is 453 g/mol. The number of rotatable bonds is 6. The standard InChI is InChI=1S/C17H13F6N3O3S/c1-9-7-30-14(25-9)15(28,17(21,22)23)5-13(27)26-11-2-3-12(10(4-11)6-24)29-8-16(18,19)20/h2-4,7,28H,5,8H2,1H3,(H,26,27). The maximum Gasteiger partial charge on any atom is 0.424 e. The molecule has 0 bridgehead atoms. The van der Waals surface area contributed by atoms with Crippen molar-refractivity contribution in [1.82, 2.24) is 4.98 Å². The van der Waals surface area contributed by atoms with Crippen LogP contribution in [0.2, 0.25) is 0 Å². The number of halogens is 6. The summed E-state index contributed by atoms with van der Waals surface area (Å²) >= 11 is 0.534. The molecule has 2 aromatic rings. The lowest BCUT2D eigenvalue weighted by atomic mass is 9.99. The van der Waals surface area contributed by atoms with E-state index in [0.717, 1.165) is 18.2 Å². The Morgan fingerprint density at radius 2 is 1.97 bits per heavy atom. The number of carbonyl (C=O) groups excluding carboxylic acids is 1. The van der Waals surface area contributed by atoms with Gasteiger partial charge in [-0.05, 0) is 25.1 Å². The van der Waals surface area contributed by atoms with Gasteiger partial charge in [0.25, 0.3) is 0 Å². The Morgan fingerprint density at radius 3 is 2.47 bits per heavy atom. The normalized spacial score (nSPS) is 14.0. The second kappa shape index (κ2) is 8.49. The lowest BCUT2D eigenvalue weighted by molar-refractivity contribution is -0.266. The molecule has 0 radical (unpaired) electrons. The van der Waals surface area contributed by atoms with Gasteiger partial charge in [0.2, 0.25) is 11.5 Å². The van der Waals surface area contributed by atoms with E-state index in [2.05, 4.69) is 15.0 Å². The summed E-state index contributed by atoms with van der Waals surface area (Å²) in [4.78, 5) is 15.7. The Kier molecular flexibility index (Phi) is 6.63. The first-order chi connectivity index (χ1) is 13.7. The van der Waals surface area contributed by atoms with Crippen LogP contribution in [0.5, 0.6) is 5.75 Å². The lowest BCUT2D eigenvalue weighted by Gasteiger charge is -2.27. The van der Waals surface area contributed by atoms with Crippen LogP contribution in [0.3, 0.4) is 0 Å². The second-order valence-corrected chi connectivity index (χ2v) is 6.96. The number of carbonyl (C=O) groups is 1. The van der Waals surface area contributed by atoms with Gasteiger partial charge >= 0.3 is 12.4 Å². The van der Waals surface area contributed by atoms with Gasteiger partial charge in [-0.2, -0.15) is 31.6 Å². The van der Waals surface area contributed by atoms with Crippen molar-refractivity contribution < 1.29 is 41.0 Å². The predicted molar refractivity (Wildman–Crippen MR) is 92.8 cm³/mol. The minimum absolute atomic E-state index is 0.171. The van der Waals surface area contributed by atoms with Crippen molar-refractivity contribution in [2.45, 2.75) is 31.3 Å². The third-order valence-corrected chi connectivity index (χ3v) is 4.74. The molecule has 162 valence electrons. The molecule has 1 unspecified atom stereocenters. The number of alkyl halides is 6. The van der Waals surface area contributed by atoms with Crippen LogP contribution in [-0.4, -0.2) is 35.0 Å². The molecule has 1 aromatic carbocycles. The Balaban J connectivity index is 2.19. The molecular weight excluding hydrogens is 440 g/mol. The number of aromatic nitrogens is 1. The molecule has 1 atom stereocenters. The van der Waals surface area contributed by atoms with Gasteiger partial charge in [0.05, 0.1) is 12.0 Å². The first kappa shape index (κ1) is 23.4. The molecule has 1 aromatic heterocycles. The highest BCUT2D eigenvalue weighted by Crippen LogP contribution is 2.43. The van der Waals surface area contributed by atoms with Crippen LogP contribution in [-0.2, 0) is 10.4 Å². The number of benzene rings is 1. The minimum atomic E-state index is -5.21. The van der Waals surface area contributed by atoms with Crippen LogP contribution < -0.4 is 10.1 Å². The van der Waals surface area contributed by atoms with Gasteiger partial charge in [-0.25, -0.2) is 4.98 Å². The van der Waals surface area contributed by atoms with Crippen LogP contribution in [0.4, 0.5) is 32.0 Å². The summed E-state index contributed by atoms with van der Waals surface area (Å²) in [6, 6.07) is 4.50. The molecule has 1 heterocycles. The van der Waals surface area contributed by atoms with E-state index in [1.54, 1.807) is 6.07 Å². The number of nitriles is 1. The number of hydrogen-bond acceptors (Lipinski definition) is 6. The summed E-state index contributed by atoms with van der Waals surface area (Å²) in [7, 11) is 0. The summed E-state index contributed by atoms with van der Waals surface area (Å²) in [5.41, 5.74) is -3.86. The molecule has 1 amide bonds. The van der Waals surface area contributed by atoms with Crippen molar-refractivity contribution >= 4 is 22.9 Å². The third kappa shape index (κ3) is 5.61. The zero-order valence-corrected chi connectivity index (χ0v) is 15.9. The van der Waals surface area contributed by atoms with Crippen LogP contribution >= 0.6 is 11.3 Å². The molecular formula is C17H13F6N3O3S. The summed E-state index contributed by atoms with van der Waals surface area (Å²) < 4.78 is 81.5. The van der Waals surface area contributed by atoms with E-state index in [-0.39, 0.29) is 16.9 Å². The van der Waals surface area contributed by atoms with E-state index in [4.69, 9.17) is 5.26 Å². The molecule has 30 heavy (non-hydrogen) atoms. The molecule has 0 aliphatic carbocycles. The number of hydrogen-bond donors (Lipinski definition) is 2. The Morgan fingerprint density at radius 1 is 1.30 bits per heavy atom. The van der Waals surface area contributed by atoms with Gasteiger partial charge in [0.15, 0.2) is 6.61 Å². The monoisotopic (exact) mass is 453 g/mol. The molecule has 13 heteroatoms. The SMILES string of the molecule is Cc1csc(C(O)(CC(=O)Nc2ccc(OCC(F)(F)F)c(C#N)c2)C(F)(F)F)n1. The molecule has 0 aliphatic rings. The Labute approximate surface area is 169 Å². The molecule has 0 spiro atoms. The smallest absolute Gasteiger partial charge is 0.424 e. The van der Waals surface area contributed by atoms with E-state index in [9.17, 15) is 36.2 Å². The number of anilines is 1. The molecule has 0 fully saturated rings. The Hall–Kier alpha value is -2.85. The molecule has 0 aliphatic heterocycles. The van der Waals surface area contributed by atoms with Crippen LogP contribution in [0.25, 0.3) is 0 Å². The van der Waals surface area contributed by atoms with Gasteiger partial charge in [0.1, 0.15) is 16.8 Å². The van der Waals surface area contributed by atoms with Crippen molar-refractivity contribution in [3.63, 3.8) is 0 Å². The molecule has 6 nitrogen and oxygen atoms in total. The summed E-state index contributed by atoms with van der Waals surface area (Å²) in [5, 5.41) is 21.8. The fourth-order valence-corrected chi connectivity index (χ4v) is 3.17. The summed E-state index contributed by atoms with van der Waals surface area (Å²) in [6.45, 7) is -0.234. The van der Waals surface area contributed by atoms with Crippen molar-refractivity contribution in [2.24, 2.45) is 0 Å². The van der Waals surface area contributed by atoms with Crippen molar-refractivity contribution in [1.29, 1.82) is 5.26 Å². The number of ether oxygens (including phenoxy) is 1. The zero-order valence-electron chi connectivity index (χ0n) is 15.1. The maximum atomic E-state index is 13.4. The quantitative estimate of drug-likeness (QED) is 0.644. The molecule has 2 N–H and O–H groups in total. The van der Waals surface area contributed by atoms with Gasteiger partial charge < -0.3 is 15.2 Å². The highest BCUT2D eigenvalue weighted by Gasteiger charge is 2.58. The van der Waals surface area contributed by atoms with E-state index >= 15 is 0 Å². The van der Waals surface area contributed by atoms with Gasteiger partial charge in [0, 0.05) is 16.8 Å². The van der Waals surface area contributed by atoms with E-state index < -0.39 is 47.6 Å². The second-order valence-electron chi connectivity index (χ2n) is 6.10. The number of nitrogens with one attached hydrogen (secondary N) is 1. The lowest BCUT2D eigenvalue weighted by Crippen LogP contribution is -2.45. The number of aliphatic hydroxyl groups is 1. The van der Waals surface area contributed by atoms with Gasteiger partial charge in [-0.15, -0.1) is 11.3 Å². The average Bonchev–Trinajstić information content (AvgIpc) is 3.05. The van der Waals surface area contributed by atoms with Gasteiger partial charge in [-0.1, -0.05) is 0 Å². The minimum Gasteiger partial charge on any atom is -0.483 e. The number of amides is 1. The molecule has 0 saturated heterocycles. The van der Waals surface area contributed by atoms with E-state index in [0.29, 0.717) is 11.3 Å². The molecule has 0 saturated carbocycles. The summed E-state index contributed by atoms with van der Waals surface area (Å²) in [5.74, 6) is -1.67. The largest absolute Gasteiger partial charge is 0.483 e. The van der Waals surface area contributed by atoms with E-state index in [1.165, 1.54) is 12.3 Å². The Bertz CT molecular complexity index is 967. The highest BCUT2D eigenvalue weighted by atomic mass is 32.1. The fourth-order valence-electron chi connectivity index (χ4n) is 2.26. The van der Waals surface area contributed by atoms with Crippen molar-refractivity contribution in [3.8, 4) is 11.8 Å². The van der Waals surface area contributed by atoms with Crippen LogP contribution in [0.1, 0.15) is 22.7 Å². The fraction of sp³-hybridized carbons (Fsp3) is 0.353. The first-order valence-electron chi connectivity index (χ1n) is 8.00. The topological polar surface area (TPSA) is 95.2 Å². The maximum absolute atomic E-state index is 13.4. The third-order valence-electron chi connectivity index (χ3n) is 3.63. The summed E-state index contributed by atoms with van der Waals surface area (Å²) in [6.07, 6.45) is -11.3. The van der Waals surface area contributed by atoms with Gasteiger partial charge in [-0.3, -0.25) is 4.79 Å². The first-order valence-corrected chi connectivity index (χ1v) is 8.88. The van der Waals surface area contributed by atoms with E-state index in [1.807, 2.05) is 0 Å². The zero-order chi connectivity index (χ0) is 22.7. The van der Waals surface area contributed by atoms with Crippen LogP contribution in [0.15, 0.2) is 23.6 Å². The number of nitrogens with zero attached hydrogens (tertiary/aromatic N) is 2. The highest BCUT2D eigenvalue weighted by molar-refractivity contribution is 7.09. The number of aryl methyl sites for hydroxylation is 1.